The van der Waals surface area contributed by atoms with Gasteiger partial charge in [-0.15, -0.1) is 0 Å². The van der Waals surface area contributed by atoms with Gasteiger partial charge in [0.2, 0.25) is 0 Å². The van der Waals surface area contributed by atoms with E-state index in [-0.39, 0.29) is 0 Å². The third-order valence-corrected chi connectivity index (χ3v) is 1.78. The highest BCUT2D eigenvalue weighted by Gasteiger charge is 1.94. The van der Waals surface area contributed by atoms with Crippen LogP contribution < -0.4 is 0 Å². The zero-order valence-corrected chi connectivity index (χ0v) is 8.07. The van der Waals surface area contributed by atoms with Gasteiger partial charge in [0.15, 0.2) is 0 Å². The maximum atomic E-state index is 4.72. The van der Waals surface area contributed by atoms with Crippen LogP contribution in [0.1, 0.15) is 52.4 Å². The average Bonchev–Trinajstić information content (AvgIpc) is 1.85. The summed E-state index contributed by atoms with van der Waals surface area (Å²) in [6.45, 7) is 6.49. The second-order valence-electron chi connectivity index (χ2n) is 3.03. The summed E-state index contributed by atoms with van der Waals surface area (Å²) < 4.78 is 4.72. The van der Waals surface area contributed by atoms with Gasteiger partial charge in [0.1, 0.15) is 0 Å². The first-order chi connectivity index (χ1) is 5.41. The lowest BCUT2D eigenvalue weighted by Gasteiger charge is -2.09. The molecule has 0 N–H and O–H groups in total. The SMILES string of the molecule is C1COC1.CCCCCCC. The van der Waals surface area contributed by atoms with Crippen molar-refractivity contribution in [3.8, 4) is 0 Å². The third-order valence-electron chi connectivity index (χ3n) is 1.78. The molecule has 68 valence electrons. The van der Waals surface area contributed by atoms with Gasteiger partial charge in [0.25, 0.3) is 0 Å². The smallest absolute Gasteiger partial charge is 0.0488 e. The Morgan fingerprint density at radius 3 is 1.45 bits per heavy atom. The Labute approximate surface area is 71.1 Å². The van der Waals surface area contributed by atoms with Crippen molar-refractivity contribution in [2.24, 2.45) is 0 Å². The molecule has 1 heterocycles. The molecule has 1 fully saturated rings. The largest absolute Gasteiger partial charge is 0.381 e. The number of ether oxygens (including phenoxy) is 1. The van der Waals surface area contributed by atoms with Crippen molar-refractivity contribution in [1.82, 2.24) is 0 Å². The normalized spacial score (nSPS) is 14.7. The molecule has 0 aliphatic carbocycles. The van der Waals surface area contributed by atoms with E-state index in [2.05, 4.69) is 13.8 Å². The van der Waals surface area contributed by atoms with Crippen LogP contribution in [-0.4, -0.2) is 13.2 Å². The zero-order valence-electron chi connectivity index (χ0n) is 8.07. The van der Waals surface area contributed by atoms with Gasteiger partial charge in [0.05, 0.1) is 0 Å². The number of unbranched alkanes of at least 4 members (excludes halogenated alkanes) is 4. The monoisotopic (exact) mass is 158 g/mol. The second kappa shape index (κ2) is 9.96. The number of rotatable bonds is 4. The van der Waals surface area contributed by atoms with E-state index in [1.54, 1.807) is 0 Å². The van der Waals surface area contributed by atoms with E-state index in [0.29, 0.717) is 0 Å². The molecular weight excluding hydrogens is 136 g/mol. The topological polar surface area (TPSA) is 9.23 Å². The quantitative estimate of drug-likeness (QED) is 0.570. The van der Waals surface area contributed by atoms with Crippen molar-refractivity contribution >= 4 is 0 Å². The van der Waals surface area contributed by atoms with E-state index in [4.69, 9.17) is 4.74 Å². The molecule has 1 aliphatic heterocycles. The summed E-state index contributed by atoms with van der Waals surface area (Å²) in [5.74, 6) is 0. The molecule has 0 atom stereocenters. The Hall–Kier alpha value is -0.0400. The highest BCUT2D eigenvalue weighted by molar-refractivity contribution is 4.41. The lowest BCUT2D eigenvalue weighted by molar-refractivity contribution is 0.0367. The Kier molecular flexibility index (Phi) is 9.92. The molecule has 0 radical (unpaired) electrons. The van der Waals surface area contributed by atoms with Crippen molar-refractivity contribution < 1.29 is 4.74 Å². The van der Waals surface area contributed by atoms with E-state index in [1.165, 1.54) is 38.5 Å². The predicted molar refractivity (Wildman–Crippen MR) is 49.9 cm³/mol. The van der Waals surface area contributed by atoms with E-state index in [1.807, 2.05) is 0 Å². The molecule has 0 saturated carbocycles. The molecule has 0 aromatic rings. The van der Waals surface area contributed by atoms with Crippen LogP contribution in [0.15, 0.2) is 0 Å². The predicted octanol–water partition coefficient (Wildman–Crippen LogP) is 3.38. The van der Waals surface area contributed by atoms with Gasteiger partial charge in [-0.05, 0) is 6.42 Å². The fraction of sp³-hybridized carbons (Fsp3) is 1.00. The fourth-order valence-electron chi connectivity index (χ4n) is 0.821. The van der Waals surface area contributed by atoms with Crippen LogP contribution in [-0.2, 0) is 4.74 Å². The highest BCUT2D eigenvalue weighted by atomic mass is 16.5. The summed E-state index contributed by atoms with van der Waals surface area (Å²) >= 11 is 0. The molecule has 0 bridgehead atoms. The van der Waals surface area contributed by atoms with Crippen LogP contribution in [0.3, 0.4) is 0 Å². The molecule has 0 spiro atoms. The molecule has 0 unspecified atom stereocenters. The lowest BCUT2D eigenvalue weighted by Crippen LogP contribution is -2.09. The molecule has 1 rings (SSSR count). The minimum Gasteiger partial charge on any atom is -0.381 e. The van der Waals surface area contributed by atoms with E-state index < -0.39 is 0 Å². The lowest BCUT2D eigenvalue weighted by atomic mass is 10.2. The molecular formula is C10H22O. The summed E-state index contributed by atoms with van der Waals surface area (Å²) in [5.41, 5.74) is 0. The van der Waals surface area contributed by atoms with Gasteiger partial charge >= 0.3 is 0 Å². The standard InChI is InChI=1S/C7H16.C3H6O/c1-3-5-7-6-4-2;1-2-4-3-1/h3-7H2,1-2H3;1-3H2. The van der Waals surface area contributed by atoms with Gasteiger partial charge in [0, 0.05) is 13.2 Å². The molecule has 11 heavy (non-hydrogen) atoms. The Morgan fingerprint density at radius 1 is 0.909 bits per heavy atom. The number of hydrogen-bond donors (Lipinski definition) is 0. The molecule has 1 nitrogen and oxygen atoms in total. The Balaban J connectivity index is 0.000000207. The molecule has 0 aromatic carbocycles. The van der Waals surface area contributed by atoms with Crippen molar-refractivity contribution in [3.05, 3.63) is 0 Å². The second-order valence-corrected chi connectivity index (χ2v) is 3.03. The maximum absolute atomic E-state index is 4.72. The van der Waals surface area contributed by atoms with Crippen LogP contribution in [0.5, 0.6) is 0 Å². The van der Waals surface area contributed by atoms with Gasteiger partial charge < -0.3 is 4.74 Å². The van der Waals surface area contributed by atoms with Gasteiger partial charge in [-0.25, -0.2) is 0 Å². The van der Waals surface area contributed by atoms with Crippen LogP contribution in [0, 0.1) is 0 Å². The zero-order chi connectivity index (χ0) is 8.36. The minimum atomic E-state index is 1.00. The van der Waals surface area contributed by atoms with Crippen molar-refractivity contribution in [1.29, 1.82) is 0 Å². The number of hydrogen-bond acceptors (Lipinski definition) is 1. The minimum absolute atomic E-state index is 1.00. The van der Waals surface area contributed by atoms with Gasteiger partial charge in [-0.3, -0.25) is 0 Å². The Morgan fingerprint density at radius 2 is 1.27 bits per heavy atom. The molecule has 0 aromatic heterocycles. The van der Waals surface area contributed by atoms with Gasteiger partial charge in [-0.1, -0.05) is 46.0 Å². The maximum Gasteiger partial charge on any atom is 0.0488 e. The van der Waals surface area contributed by atoms with E-state index in [9.17, 15) is 0 Å². The third kappa shape index (κ3) is 9.96. The molecule has 1 heteroatoms. The molecule has 1 aliphatic rings. The highest BCUT2D eigenvalue weighted by Crippen LogP contribution is 2.00. The summed E-state index contributed by atoms with van der Waals surface area (Å²) in [6.07, 6.45) is 8.29. The van der Waals surface area contributed by atoms with Crippen LogP contribution in [0.2, 0.25) is 0 Å². The van der Waals surface area contributed by atoms with Crippen LogP contribution >= 0.6 is 0 Å². The first-order valence-electron chi connectivity index (χ1n) is 4.99. The molecule has 1 saturated heterocycles. The molecule has 0 amide bonds. The van der Waals surface area contributed by atoms with Crippen molar-refractivity contribution in [2.75, 3.05) is 13.2 Å². The van der Waals surface area contributed by atoms with E-state index in [0.717, 1.165) is 13.2 Å². The summed E-state index contributed by atoms with van der Waals surface area (Å²) in [6, 6.07) is 0. The van der Waals surface area contributed by atoms with E-state index >= 15 is 0 Å². The van der Waals surface area contributed by atoms with Crippen LogP contribution in [0.4, 0.5) is 0 Å². The van der Waals surface area contributed by atoms with Crippen LogP contribution in [0.25, 0.3) is 0 Å². The summed E-state index contributed by atoms with van der Waals surface area (Å²) in [7, 11) is 0. The first-order valence-corrected chi connectivity index (χ1v) is 4.99. The average molecular weight is 158 g/mol. The van der Waals surface area contributed by atoms with Gasteiger partial charge in [-0.2, -0.15) is 0 Å². The Bertz CT molecular complexity index is 49.9. The van der Waals surface area contributed by atoms with Crippen molar-refractivity contribution in [2.45, 2.75) is 52.4 Å². The first kappa shape index (κ1) is 11.0. The van der Waals surface area contributed by atoms with Crippen molar-refractivity contribution in [3.63, 3.8) is 0 Å². The summed E-state index contributed by atoms with van der Waals surface area (Å²) in [5, 5.41) is 0. The fourth-order valence-corrected chi connectivity index (χ4v) is 0.821. The summed E-state index contributed by atoms with van der Waals surface area (Å²) in [4.78, 5) is 0.